The molecule has 0 unspecified atom stereocenters. The molecule has 118 valence electrons. The molecule has 3 aromatic rings. The predicted octanol–water partition coefficient (Wildman–Crippen LogP) is 4.49. The number of benzene rings is 2. The lowest BCUT2D eigenvalue weighted by Gasteiger charge is -2.14. The number of nitrogens with one attached hydrogen (secondary N) is 2. The van der Waals surface area contributed by atoms with E-state index >= 15 is 0 Å². The van der Waals surface area contributed by atoms with Gasteiger partial charge in [0.1, 0.15) is 5.52 Å². The van der Waals surface area contributed by atoms with Crippen molar-refractivity contribution >= 4 is 28.5 Å². The van der Waals surface area contributed by atoms with Crippen molar-refractivity contribution in [3.63, 3.8) is 0 Å². The van der Waals surface area contributed by atoms with Gasteiger partial charge in [-0.25, -0.2) is 9.78 Å². The fraction of sp³-hybridized carbons (Fsp3) is 0.0667. The standard InChI is InChI=1S/C15H10F3N3O2/c16-15(17,18)10-3-1-2-4-11(10)21-14(22)20-9-5-6-12-13(7-9)23-8-19-12/h1-8H,(H2,20,21,22). The number of para-hydroxylation sites is 1. The molecular formula is C15H10F3N3O2. The third-order valence-corrected chi connectivity index (χ3v) is 3.07. The number of oxazole rings is 1. The summed E-state index contributed by atoms with van der Waals surface area (Å²) in [5, 5.41) is 4.64. The number of halogens is 3. The van der Waals surface area contributed by atoms with Crippen LogP contribution in [0.3, 0.4) is 0 Å². The van der Waals surface area contributed by atoms with Gasteiger partial charge in [-0.3, -0.25) is 0 Å². The molecule has 0 radical (unpaired) electrons. The summed E-state index contributed by atoms with van der Waals surface area (Å²) in [5.74, 6) is 0. The molecule has 23 heavy (non-hydrogen) atoms. The van der Waals surface area contributed by atoms with E-state index in [1.54, 1.807) is 12.1 Å². The molecule has 2 N–H and O–H groups in total. The van der Waals surface area contributed by atoms with Crippen molar-refractivity contribution < 1.29 is 22.4 Å². The van der Waals surface area contributed by atoms with E-state index < -0.39 is 17.8 Å². The summed E-state index contributed by atoms with van der Waals surface area (Å²) in [5.41, 5.74) is 0.201. The summed E-state index contributed by atoms with van der Waals surface area (Å²) in [6, 6.07) is 8.67. The van der Waals surface area contributed by atoms with E-state index in [9.17, 15) is 18.0 Å². The second kappa shape index (κ2) is 5.64. The highest BCUT2D eigenvalue weighted by Gasteiger charge is 2.33. The normalized spacial score (nSPS) is 11.4. The van der Waals surface area contributed by atoms with Crippen molar-refractivity contribution in [1.29, 1.82) is 0 Å². The average Bonchev–Trinajstić information content (AvgIpc) is 2.94. The number of fused-ring (bicyclic) bond motifs is 1. The topological polar surface area (TPSA) is 67.2 Å². The molecule has 0 aliphatic heterocycles. The number of carbonyl (C=O) groups excluding carboxylic acids is 1. The number of alkyl halides is 3. The van der Waals surface area contributed by atoms with Gasteiger partial charge in [0.2, 0.25) is 0 Å². The van der Waals surface area contributed by atoms with Crippen LogP contribution in [0.15, 0.2) is 53.3 Å². The number of aromatic nitrogens is 1. The van der Waals surface area contributed by atoms with E-state index in [0.29, 0.717) is 16.8 Å². The first-order valence-corrected chi connectivity index (χ1v) is 6.51. The van der Waals surface area contributed by atoms with Gasteiger partial charge in [-0.05, 0) is 24.3 Å². The van der Waals surface area contributed by atoms with Crippen molar-refractivity contribution in [2.45, 2.75) is 6.18 Å². The minimum Gasteiger partial charge on any atom is -0.443 e. The Labute approximate surface area is 128 Å². The summed E-state index contributed by atoms with van der Waals surface area (Å²) < 4.78 is 43.7. The Balaban J connectivity index is 1.77. The van der Waals surface area contributed by atoms with Crippen LogP contribution in [-0.4, -0.2) is 11.0 Å². The fourth-order valence-electron chi connectivity index (χ4n) is 2.06. The van der Waals surface area contributed by atoms with Gasteiger partial charge >= 0.3 is 12.2 Å². The third kappa shape index (κ3) is 3.25. The zero-order valence-corrected chi connectivity index (χ0v) is 11.5. The van der Waals surface area contributed by atoms with E-state index in [1.165, 1.54) is 30.7 Å². The molecular weight excluding hydrogens is 311 g/mol. The zero-order chi connectivity index (χ0) is 16.4. The Morgan fingerprint density at radius 3 is 2.65 bits per heavy atom. The number of hydrogen-bond acceptors (Lipinski definition) is 3. The van der Waals surface area contributed by atoms with Crippen molar-refractivity contribution in [1.82, 2.24) is 4.98 Å². The average molecular weight is 321 g/mol. The number of amides is 2. The van der Waals surface area contributed by atoms with Crippen LogP contribution >= 0.6 is 0 Å². The quantitative estimate of drug-likeness (QED) is 0.731. The van der Waals surface area contributed by atoms with Crippen LogP contribution in [0.2, 0.25) is 0 Å². The smallest absolute Gasteiger partial charge is 0.418 e. The van der Waals surface area contributed by atoms with Crippen LogP contribution in [0.25, 0.3) is 11.1 Å². The first-order valence-electron chi connectivity index (χ1n) is 6.51. The maximum atomic E-state index is 12.9. The van der Waals surface area contributed by atoms with E-state index in [0.717, 1.165) is 6.07 Å². The highest BCUT2D eigenvalue weighted by atomic mass is 19.4. The Bertz CT molecular complexity index is 858. The van der Waals surface area contributed by atoms with Crippen LogP contribution in [0, 0.1) is 0 Å². The minimum absolute atomic E-state index is 0.321. The highest BCUT2D eigenvalue weighted by Crippen LogP contribution is 2.34. The lowest BCUT2D eigenvalue weighted by Crippen LogP contribution is -2.21. The predicted molar refractivity (Wildman–Crippen MR) is 78.1 cm³/mol. The monoisotopic (exact) mass is 321 g/mol. The van der Waals surface area contributed by atoms with E-state index in [4.69, 9.17) is 4.42 Å². The first kappa shape index (κ1) is 14.9. The molecule has 1 aromatic heterocycles. The van der Waals surface area contributed by atoms with Crippen LogP contribution in [0.4, 0.5) is 29.3 Å². The van der Waals surface area contributed by atoms with Crippen molar-refractivity contribution in [3.8, 4) is 0 Å². The molecule has 0 saturated carbocycles. The number of rotatable bonds is 2. The maximum Gasteiger partial charge on any atom is 0.418 e. The lowest BCUT2D eigenvalue weighted by molar-refractivity contribution is -0.136. The third-order valence-electron chi connectivity index (χ3n) is 3.07. The number of nitrogens with zero attached hydrogens (tertiary/aromatic N) is 1. The number of carbonyl (C=O) groups is 1. The summed E-state index contributed by atoms with van der Waals surface area (Å²) >= 11 is 0. The van der Waals surface area contributed by atoms with Gasteiger partial charge in [-0.1, -0.05) is 12.1 Å². The van der Waals surface area contributed by atoms with Gasteiger partial charge in [0.05, 0.1) is 11.3 Å². The van der Waals surface area contributed by atoms with Gasteiger partial charge in [-0.2, -0.15) is 13.2 Å². The lowest BCUT2D eigenvalue weighted by atomic mass is 10.1. The van der Waals surface area contributed by atoms with Crippen LogP contribution in [-0.2, 0) is 6.18 Å². The Morgan fingerprint density at radius 1 is 1.09 bits per heavy atom. The van der Waals surface area contributed by atoms with E-state index in [-0.39, 0.29) is 5.69 Å². The van der Waals surface area contributed by atoms with Gasteiger partial charge in [0, 0.05) is 11.8 Å². The highest BCUT2D eigenvalue weighted by molar-refractivity contribution is 6.01. The molecule has 2 amide bonds. The largest absolute Gasteiger partial charge is 0.443 e. The first-order chi connectivity index (χ1) is 10.9. The van der Waals surface area contributed by atoms with Gasteiger partial charge < -0.3 is 15.1 Å². The van der Waals surface area contributed by atoms with Crippen molar-refractivity contribution in [3.05, 3.63) is 54.4 Å². The molecule has 0 aliphatic rings. The number of urea groups is 1. The molecule has 8 heteroatoms. The van der Waals surface area contributed by atoms with Crippen molar-refractivity contribution in [2.75, 3.05) is 10.6 Å². The maximum absolute atomic E-state index is 12.9. The van der Waals surface area contributed by atoms with E-state index in [1.807, 2.05) is 0 Å². The molecule has 1 heterocycles. The van der Waals surface area contributed by atoms with Crippen LogP contribution in [0.1, 0.15) is 5.56 Å². The molecule has 3 rings (SSSR count). The zero-order valence-electron chi connectivity index (χ0n) is 11.5. The molecule has 0 fully saturated rings. The molecule has 0 aliphatic carbocycles. The molecule has 0 bridgehead atoms. The van der Waals surface area contributed by atoms with Gasteiger partial charge in [0.25, 0.3) is 0 Å². The summed E-state index contributed by atoms with van der Waals surface area (Å²) in [7, 11) is 0. The summed E-state index contributed by atoms with van der Waals surface area (Å²) in [4.78, 5) is 15.8. The van der Waals surface area contributed by atoms with E-state index in [2.05, 4.69) is 15.6 Å². The SMILES string of the molecule is O=C(Nc1ccc2ncoc2c1)Nc1ccccc1C(F)(F)F. The summed E-state index contributed by atoms with van der Waals surface area (Å²) in [6.07, 6.45) is -3.29. The minimum atomic E-state index is -4.55. The number of anilines is 2. The molecule has 0 saturated heterocycles. The van der Waals surface area contributed by atoms with Gasteiger partial charge in [0.15, 0.2) is 12.0 Å². The molecule has 0 spiro atoms. The molecule has 2 aromatic carbocycles. The summed E-state index contributed by atoms with van der Waals surface area (Å²) in [6.45, 7) is 0. The van der Waals surface area contributed by atoms with Crippen molar-refractivity contribution in [2.24, 2.45) is 0 Å². The second-order valence-corrected chi connectivity index (χ2v) is 4.66. The Kier molecular flexibility index (Phi) is 3.65. The Hall–Kier alpha value is -3.03. The molecule has 5 nitrogen and oxygen atoms in total. The molecule has 0 atom stereocenters. The van der Waals surface area contributed by atoms with Gasteiger partial charge in [-0.15, -0.1) is 0 Å². The van der Waals surface area contributed by atoms with Crippen LogP contribution in [0.5, 0.6) is 0 Å². The second-order valence-electron chi connectivity index (χ2n) is 4.66. The van der Waals surface area contributed by atoms with Crippen LogP contribution < -0.4 is 10.6 Å². The number of hydrogen-bond donors (Lipinski definition) is 2. The Morgan fingerprint density at radius 2 is 1.87 bits per heavy atom. The fourth-order valence-corrected chi connectivity index (χ4v) is 2.06.